The highest BCUT2D eigenvalue weighted by molar-refractivity contribution is 7.99. The molecule has 2 unspecified atom stereocenters. The number of rotatable bonds is 14. The van der Waals surface area contributed by atoms with E-state index in [1.165, 1.54) is 17.8 Å². The van der Waals surface area contributed by atoms with Crippen molar-refractivity contribution in [1.29, 1.82) is 0 Å². The molecule has 182 valence electrons. The van der Waals surface area contributed by atoms with E-state index in [4.69, 9.17) is 9.31 Å². The van der Waals surface area contributed by atoms with Gasteiger partial charge in [0.25, 0.3) is 10.9 Å². The minimum atomic E-state index is -2.85. The van der Waals surface area contributed by atoms with Crippen LogP contribution in [-0.4, -0.2) is 33.2 Å². The second-order valence-electron chi connectivity index (χ2n) is 7.46. The molecule has 3 aromatic rings. The molecule has 0 aliphatic heterocycles. The smallest absolute Gasteiger partial charge is 0.316 e. The monoisotopic (exact) mass is 506 g/mol. The Morgan fingerprint density at radius 3 is 2.76 bits per heavy atom. The summed E-state index contributed by atoms with van der Waals surface area (Å²) in [6.45, 7) is 3.64. The molecule has 0 saturated heterocycles. The number of thioether (sulfide) groups is 1. The van der Waals surface area contributed by atoms with E-state index in [2.05, 4.69) is 27.0 Å². The molecule has 2 atom stereocenters. The first kappa shape index (κ1) is 26.1. The summed E-state index contributed by atoms with van der Waals surface area (Å²) in [6.07, 6.45) is 2.37. The van der Waals surface area contributed by atoms with Crippen molar-refractivity contribution in [2.75, 3.05) is 13.2 Å². The number of nitro benzene ring substituents is 1. The fourth-order valence-corrected chi connectivity index (χ4v) is 4.66. The van der Waals surface area contributed by atoms with E-state index in [-0.39, 0.29) is 17.5 Å². The zero-order chi connectivity index (χ0) is 24.3. The van der Waals surface area contributed by atoms with Crippen molar-refractivity contribution in [3.05, 3.63) is 69.8 Å². The minimum Gasteiger partial charge on any atom is -0.411 e. The van der Waals surface area contributed by atoms with Crippen molar-refractivity contribution in [3.63, 3.8) is 0 Å². The second kappa shape index (κ2) is 13.4. The molecule has 1 heterocycles. The fourth-order valence-electron chi connectivity index (χ4n) is 3.24. The number of non-ortho nitro benzene ring substituents is 1. The summed E-state index contributed by atoms with van der Waals surface area (Å²) >= 11 is 1.41. The predicted octanol–water partition coefficient (Wildman–Crippen LogP) is 5.16. The molecule has 0 fully saturated rings. The summed E-state index contributed by atoms with van der Waals surface area (Å²) in [5.41, 5.74) is 2.79. The summed E-state index contributed by atoms with van der Waals surface area (Å²) in [6, 6.07) is 14.4. The number of nitrogens with one attached hydrogen (secondary N) is 1. The van der Waals surface area contributed by atoms with Crippen LogP contribution >= 0.6 is 20.0 Å². The topological polar surface area (TPSA) is 141 Å². The maximum atomic E-state index is 11.1. The lowest BCUT2D eigenvalue weighted by Crippen LogP contribution is -2.15. The van der Waals surface area contributed by atoms with Crippen LogP contribution in [0.25, 0.3) is 11.5 Å². The predicted molar refractivity (Wildman–Crippen MR) is 130 cm³/mol. The van der Waals surface area contributed by atoms with Crippen molar-refractivity contribution in [3.8, 4) is 11.5 Å². The van der Waals surface area contributed by atoms with Gasteiger partial charge in [-0.1, -0.05) is 49.4 Å². The zero-order valence-electron chi connectivity index (χ0n) is 18.7. The van der Waals surface area contributed by atoms with Crippen molar-refractivity contribution in [2.45, 2.75) is 43.2 Å². The Balaban J connectivity index is 1.58. The SMILES string of the molecule is CCCC(Sc1nnc(-c2ccc(CNCCCO[PH](=O)O)cc2)o1)c1cccc([N+](=O)[O-])c1. The first-order valence-electron chi connectivity index (χ1n) is 10.9. The highest BCUT2D eigenvalue weighted by Crippen LogP contribution is 2.39. The van der Waals surface area contributed by atoms with Crippen molar-refractivity contribution in [2.24, 2.45) is 0 Å². The van der Waals surface area contributed by atoms with Gasteiger partial charge in [0.2, 0.25) is 5.89 Å². The Kier molecular flexibility index (Phi) is 10.2. The maximum Gasteiger partial charge on any atom is 0.316 e. The van der Waals surface area contributed by atoms with Gasteiger partial charge in [0.15, 0.2) is 0 Å². The molecule has 34 heavy (non-hydrogen) atoms. The van der Waals surface area contributed by atoms with E-state index in [1.807, 2.05) is 30.3 Å². The molecule has 2 aromatic carbocycles. The summed E-state index contributed by atoms with van der Waals surface area (Å²) in [4.78, 5) is 19.4. The molecule has 0 spiro atoms. The van der Waals surface area contributed by atoms with Crippen molar-refractivity contribution < 1.29 is 23.3 Å². The van der Waals surface area contributed by atoms with Crippen LogP contribution in [0.4, 0.5) is 5.69 Å². The van der Waals surface area contributed by atoms with Gasteiger partial charge in [-0.3, -0.25) is 14.7 Å². The molecular formula is C22H27N4O6PS. The van der Waals surface area contributed by atoms with Gasteiger partial charge in [0, 0.05) is 29.5 Å². The van der Waals surface area contributed by atoms with E-state index in [0.717, 1.165) is 29.5 Å². The quantitative estimate of drug-likeness (QED) is 0.0990. The summed E-state index contributed by atoms with van der Waals surface area (Å²) in [5.74, 6) is 0.410. The van der Waals surface area contributed by atoms with Gasteiger partial charge in [-0.15, -0.1) is 10.2 Å². The molecule has 12 heteroatoms. The van der Waals surface area contributed by atoms with E-state index in [1.54, 1.807) is 12.1 Å². The van der Waals surface area contributed by atoms with E-state index in [9.17, 15) is 14.7 Å². The van der Waals surface area contributed by atoms with E-state index in [0.29, 0.717) is 30.6 Å². The van der Waals surface area contributed by atoms with Crippen LogP contribution in [0.5, 0.6) is 0 Å². The molecule has 0 aliphatic rings. The molecular weight excluding hydrogens is 479 g/mol. The highest BCUT2D eigenvalue weighted by atomic mass is 32.2. The third kappa shape index (κ3) is 8.03. The van der Waals surface area contributed by atoms with Gasteiger partial charge < -0.3 is 19.2 Å². The molecule has 0 radical (unpaired) electrons. The first-order valence-corrected chi connectivity index (χ1v) is 13.0. The normalized spacial score (nSPS) is 13.0. The molecule has 10 nitrogen and oxygen atoms in total. The molecule has 0 saturated carbocycles. The van der Waals surface area contributed by atoms with Gasteiger partial charge in [0.1, 0.15) is 0 Å². The standard InChI is InChI=1S/C22H27N4O6PS/c1-2-5-20(18-6-3-7-19(14-18)26(27)28)34-22-25-24-21(32-22)17-10-8-16(9-11-17)15-23-12-4-13-31-33(29)30/h3,6-11,14,20,23,33H,2,4-5,12-13,15H2,1H3,(H,29,30). The van der Waals surface area contributed by atoms with Gasteiger partial charge in [0.05, 0.1) is 11.5 Å². The van der Waals surface area contributed by atoms with Gasteiger partial charge in [-0.2, -0.15) is 0 Å². The average Bonchev–Trinajstić information content (AvgIpc) is 3.30. The zero-order valence-corrected chi connectivity index (χ0v) is 20.5. The number of hydrogen-bond acceptors (Lipinski definition) is 9. The Morgan fingerprint density at radius 2 is 2.06 bits per heavy atom. The molecule has 0 amide bonds. The fraction of sp³-hybridized carbons (Fsp3) is 0.364. The van der Waals surface area contributed by atoms with Crippen molar-refractivity contribution >= 4 is 25.7 Å². The molecule has 1 aromatic heterocycles. The number of benzene rings is 2. The first-order chi connectivity index (χ1) is 16.5. The Labute approximate surface area is 202 Å². The highest BCUT2D eigenvalue weighted by Gasteiger charge is 2.19. The van der Waals surface area contributed by atoms with Crippen molar-refractivity contribution in [1.82, 2.24) is 15.5 Å². The van der Waals surface area contributed by atoms with E-state index < -0.39 is 13.2 Å². The maximum absolute atomic E-state index is 11.1. The molecule has 3 rings (SSSR count). The Bertz CT molecular complexity index is 1100. The average molecular weight is 507 g/mol. The van der Waals surface area contributed by atoms with E-state index >= 15 is 0 Å². The summed E-state index contributed by atoms with van der Waals surface area (Å²) in [7, 11) is -2.85. The van der Waals surface area contributed by atoms with Gasteiger partial charge >= 0.3 is 8.25 Å². The van der Waals surface area contributed by atoms with Gasteiger partial charge in [-0.05, 0) is 42.6 Å². The van der Waals surface area contributed by atoms with Crippen LogP contribution < -0.4 is 5.32 Å². The van der Waals surface area contributed by atoms with Gasteiger partial charge in [-0.25, -0.2) is 0 Å². The third-order valence-corrected chi connectivity index (χ3v) is 6.52. The molecule has 0 aliphatic carbocycles. The molecule has 0 bridgehead atoms. The lowest BCUT2D eigenvalue weighted by molar-refractivity contribution is -0.384. The third-order valence-electron chi connectivity index (χ3n) is 4.91. The number of nitrogens with zero attached hydrogens (tertiary/aromatic N) is 3. The molecule has 2 N–H and O–H groups in total. The minimum absolute atomic E-state index is 0.0318. The van der Waals surface area contributed by atoms with Crippen LogP contribution in [0.15, 0.2) is 58.2 Å². The number of nitro groups is 1. The lowest BCUT2D eigenvalue weighted by Gasteiger charge is -2.13. The van der Waals surface area contributed by atoms with Crippen LogP contribution in [0.1, 0.15) is 42.6 Å². The second-order valence-corrected chi connectivity index (χ2v) is 9.44. The lowest BCUT2D eigenvalue weighted by atomic mass is 10.1. The summed E-state index contributed by atoms with van der Waals surface area (Å²) in [5, 5.41) is 23.1. The number of hydrogen-bond donors (Lipinski definition) is 2. The Morgan fingerprint density at radius 1 is 1.26 bits per heavy atom. The van der Waals surface area contributed by atoms with Crippen LogP contribution in [-0.2, 0) is 15.6 Å². The largest absolute Gasteiger partial charge is 0.411 e. The van der Waals surface area contributed by atoms with Crippen LogP contribution in [0.3, 0.4) is 0 Å². The Hall–Kier alpha value is -2.56. The number of aromatic nitrogens is 2. The van der Waals surface area contributed by atoms with Crippen LogP contribution in [0, 0.1) is 10.1 Å². The summed E-state index contributed by atoms with van der Waals surface area (Å²) < 4.78 is 21.0. The van der Waals surface area contributed by atoms with Crippen LogP contribution in [0.2, 0.25) is 0 Å².